The number of hydrogen-bond acceptors (Lipinski definition) is 5. The Balaban J connectivity index is 1.32. The van der Waals surface area contributed by atoms with Crippen LogP contribution in [0.1, 0.15) is 17.2 Å². The van der Waals surface area contributed by atoms with Gasteiger partial charge in [0.2, 0.25) is 0 Å². The van der Waals surface area contributed by atoms with Gasteiger partial charge in [0.05, 0.1) is 13.1 Å². The zero-order valence-electron chi connectivity index (χ0n) is 19.5. The SMILES string of the molecule is Cc1nnc(CNC(=NCc2ccccc2)N2CCN(CCOc3ccccc3)CC2)n1C. The van der Waals surface area contributed by atoms with E-state index in [4.69, 9.17) is 9.73 Å². The molecule has 33 heavy (non-hydrogen) atoms. The highest BCUT2D eigenvalue weighted by atomic mass is 16.5. The van der Waals surface area contributed by atoms with E-state index in [2.05, 4.69) is 49.6 Å². The summed E-state index contributed by atoms with van der Waals surface area (Å²) in [4.78, 5) is 9.71. The number of benzene rings is 2. The van der Waals surface area contributed by atoms with Crippen LogP contribution >= 0.6 is 0 Å². The molecule has 2 aromatic carbocycles. The number of ether oxygens (including phenoxy) is 1. The Bertz CT molecular complexity index is 1010. The standard InChI is InChI=1S/C25H33N7O/c1-21-28-29-24(30(21)2)20-27-25(26-19-22-9-5-3-6-10-22)32-15-13-31(14-16-32)17-18-33-23-11-7-4-8-12-23/h3-12H,13-20H2,1-2H3,(H,26,27). The fourth-order valence-electron chi connectivity index (χ4n) is 3.77. The molecule has 0 atom stereocenters. The third kappa shape index (κ3) is 6.55. The molecule has 0 bridgehead atoms. The molecule has 0 spiro atoms. The van der Waals surface area contributed by atoms with Gasteiger partial charge in [-0.15, -0.1) is 10.2 Å². The van der Waals surface area contributed by atoms with E-state index < -0.39 is 0 Å². The van der Waals surface area contributed by atoms with E-state index in [1.54, 1.807) is 0 Å². The third-order valence-corrected chi connectivity index (χ3v) is 5.93. The number of aliphatic imine (C=N–C) groups is 1. The predicted molar refractivity (Wildman–Crippen MR) is 130 cm³/mol. The van der Waals surface area contributed by atoms with E-state index in [-0.39, 0.29) is 0 Å². The summed E-state index contributed by atoms with van der Waals surface area (Å²) in [6.45, 7) is 8.62. The van der Waals surface area contributed by atoms with Crippen molar-refractivity contribution in [1.82, 2.24) is 29.9 Å². The van der Waals surface area contributed by atoms with Gasteiger partial charge in [0.25, 0.3) is 0 Å². The van der Waals surface area contributed by atoms with Crippen LogP contribution in [-0.4, -0.2) is 69.9 Å². The average Bonchev–Trinajstić information content (AvgIpc) is 3.18. The second kappa shape index (κ2) is 11.5. The summed E-state index contributed by atoms with van der Waals surface area (Å²) in [6, 6.07) is 20.4. The smallest absolute Gasteiger partial charge is 0.194 e. The first-order chi connectivity index (χ1) is 16.2. The van der Waals surface area contributed by atoms with Crippen LogP contribution in [0.3, 0.4) is 0 Å². The number of guanidine groups is 1. The Morgan fingerprint density at radius 1 is 0.970 bits per heavy atom. The van der Waals surface area contributed by atoms with Crippen LogP contribution in [0.4, 0.5) is 0 Å². The van der Waals surface area contributed by atoms with Crippen molar-refractivity contribution >= 4 is 5.96 Å². The number of aromatic nitrogens is 3. The molecule has 0 saturated carbocycles. The summed E-state index contributed by atoms with van der Waals surface area (Å²) in [7, 11) is 1.99. The minimum absolute atomic E-state index is 0.593. The highest BCUT2D eigenvalue weighted by Crippen LogP contribution is 2.09. The first kappa shape index (κ1) is 22.8. The van der Waals surface area contributed by atoms with Gasteiger partial charge in [-0.1, -0.05) is 48.5 Å². The number of nitrogens with one attached hydrogen (secondary N) is 1. The van der Waals surface area contributed by atoms with E-state index in [0.717, 1.165) is 56.1 Å². The van der Waals surface area contributed by atoms with E-state index in [9.17, 15) is 0 Å². The van der Waals surface area contributed by atoms with Crippen LogP contribution in [-0.2, 0) is 20.1 Å². The summed E-state index contributed by atoms with van der Waals surface area (Å²) >= 11 is 0. The van der Waals surface area contributed by atoms with Crippen molar-refractivity contribution in [3.63, 3.8) is 0 Å². The average molecular weight is 448 g/mol. The number of para-hydroxylation sites is 1. The van der Waals surface area contributed by atoms with Crippen molar-refractivity contribution in [3.05, 3.63) is 77.9 Å². The Morgan fingerprint density at radius 2 is 1.67 bits per heavy atom. The van der Waals surface area contributed by atoms with Crippen molar-refractivity contribution < 1.29 is 4.74 Å². The van der Waals surface area contributed by atoms with Crippen molar-refractivity contribution in [3.8, 4) is 5.75 Å². The Kier molecular flexibility index (Phi) is 7.92. The van der Waals surface area contributed by atoms with Crippen molar-refractivity contribution in [2.45, 2.75) is 20.0 Å². The maximum atomic E-state index is 5.86. The van der Waals surface area contributed by atoms with Crippen LogP contribution in [0.15, 0.2) is 65.7 Å². The van der Waals surface area contributed by atoms with Gasteiger partial charge in [0.1, 0.15) is 18.2 Å². The molecule has 0 amide bonds. The zero-order valence-corrected chi connectivity index (χ0v) is 19.5. The van der Waals surface area contributed by atoms with Crippen LogP contribution in [0.2, 0.25) is 0 Å². The Hall–Kier alpha value is -3.39. The summed E-state index contributed by atoms with van der Waals surface area (Å²) in [5.74, 6) is 3.65. The van der Waals surface area contributed by atoms with Gasteiger partial charge >= 0.3 is 0 Å². The van der Waals surface area contributed by atoms with Gasteiger partial charge in [-0.25, -0.2) is 4.99 Å². The molecule has 8 heteroatoms. The quantitative estimate of drug-likeness (QED) is 0.423. The van der Waals surface area contributed by atoms with Crippen LogP contribution in [0, 0.1) is 6.92 Å². The fourth-order valence-corrected chi connectivity index (χ4v) is 3.77. The van der Waals surface area contributed by atoms with E-state index in [1.807, 2.05) is 54.9 Å². The van der Waals surface area contributed by atoms with Gasteiger partial charge in [0.15, 0.2) is 11.8 Å². The largest absolute Gasteiger partial charge is 0.492 e. The maximum absolute atomic E-state index is 5.86. The lowest BCUT2D eigenvalue weighted by molar-refractivity contribution is 0.152. The molecule has 1 N–H and O–H groups in total. The second-order valence-electron chi connectivity index (χ2n) is 8.19. The molecule has 1 aliphatic rings. The van der Waals surface area contributed by atoms with E-state index in [1.165, 1.54) is 5.56 Å². The van der Waals surface area contributed by atoms with Crippen molar-refractivity contribution in [2.75, 3.05) is 39.3 Å². The molecule has 8 nitrogen and oxygen atoms in total. The Labute approximate surface area is 195 Å². The summed E-state index contributed by atoms with van der Waals surface area (Å²) < 4.78 is 7.87. The molecular weight excluding hydrogens is 414 g/mol. The number of nitrogens with zero attached hydrogens (tertiary/aromatic N) is 6. The molecule has 1 aliphatic heterocycles. The number of hydrogen-bond donors (Lipinski definition) is 1. The van der Waals surface area contributed by atoms with Gasteiger partial charge in [-0.2, -0.15) is 0 Å². The van der Waals surface area contributed by atoms with Gasteiger partial charge in [-0.3, -0.25) is 4.90 Å². The normalized spacial score (nSPS) is 15.0. The van der Waals surface area contributed by atoms with Crippen LogP contribution < -0.4 is 10.1 Å². The molecular formula is C25H33N7O. The zero-order chi connectivity index (χ0) is 22.9. The molecule has 1 fully saturated rings. The Morgan fingerprint density at radius 3 is 2.33 bits per heavy atom. The minimum Gasteiger partial charge on any atom is -0.492 e. The van der Waals surface area contributed by atoms with E-state index >= 15 is 0 Å². The number of aryl methyl sites for hydroxylation is 1. The molecule has 0 aliphatic carbocycles. The lowest BCUT2D eigenvalue weighted by Gasteiger charge is -2.36. The van der Waals surface area contributed by atoms with Crippen molar-refractivity contribution in [1.29, 1.82) is 0 Å². The fraction of sp³-hybridized carbons (Fsp3) is 0.400. The summed E-state index contributed by atoms with van der Waals surface area (Å²) in [5, 5.41) is 12.0. The molecule has 1 saturated heterocycles. The van der Waals surface area contributed by atoms with Crippen LogP contribution in [0.25, 0.3) is 0 Å². The highest BCUT2D eigenvalue weighted by Gasteiger charge is 2.20. The lowest BCUT2D eigenvalue weighted by Crippen LogP contribution is -2.53. The molecule has 0 unspecified atom stereocenters. The van der Waals surface area contributed by atoms with Gasteiger partial charge in [0, 0.05) is 39.8 Å². The first-order valence-corrected chi connectivity index (χ1v) is 11.5. The highest BCUT2D eigenvalue weighted by molar-refractivity contribution is 5.80. The molecule has 4 rings (SSSR count). The molecule has 3 aromatic rings. The molecule has 1 aromatic heterocycles. The molecule has 174 valence electrons. The van der Waals surface area contributed by atoms with E-state index in [0.29, 0.717) is 19.7 Å². The topological polar surface area (TPSA) is 70.8 Å². The van der Waals surface area contributed by atoms with Crippen molar-refractivity contribution in [2.24, 2.45) is 12.0 Å². The van der Waals surface area contributed by atoms with Crippen LogP contribution in [0.5, 0.6) is 5.75 Å². The number of rotatable bonds is 8. The summed E-state index contributed by atoms with van der Waals surface area (Å²) in [6.07, 6.45) is 0. The number of piperazine rings is 1. The molecule has 0 radical (unpaired) electrons. The maximum Gasteiger partial charge on any atom is 0.194 e. The molecule has 2 heterocycles. The third-order valence-electron chi connectivity index (χ3n) is 5.93. The first-order valence-electron chi connectivity index (χ1n) is 11.5. The van der Waals surface area contributed by atoms with Gasteiger partial charge < -0.3 is 19.5 Å². The predicted octanol–water partition coefficient (Wildman–Crippen LogP) is 2.47. The summed E-state index contributed by atoms with van der Waals surface area (Å²) in [5.41, 5.74) is 1.20. The van der Waals surface area contributed by atoms with Gasteiger partial charge in [-0.05, 0) is 24.6 Å². The minimum atomic E-state index is 0.593. The second-order valence-corrected chi connectivity index (χ2v) is 8.19. The lowest BCUT2D eigenvalue weighted by atomic mass is 10.2. The monoisotopic (exact) mass is 447 g/mol.